The summed E-state index contributed by atoms with van der Waals surface area (Å²) in [6, 6.07) is 46.7. The Balaban J connectivity index is 1.13. The number of aromatic nitrogens is 1. The Morgan fingerprint density at radius 2 is 1.29 bits per heavy atom. The third kappa shape index (κ3) is 4.69. The van der Waals surface area contributed by atoms with E-state index in [2.05, 4.69) is 183 Å². The number of nitrogens with zero attached hydrogens (tertiary/aromatic N) is 2. The van der Waals surface area contributed by atoms with Gasteiger partial charge in [0.05, 0.1) is 5.52 Å². The molecule has 6 aromatic rings. The van der Waals surface area contributed by atoms with Crippen LogP contribution in [0, 0.1) is 5.92 Å². The molecule has 2 atom stereocenters. The highest BCUT2D eigenvalue weighted by Crippen LogP contribution is 2.51. The van der Waals surface area contributed by atoms with Crippen molar-refractivity contribution in [3.05, 3.63) is 179 Å². The first-order valence-electron chi connectivity index (χ1n) is 17.8. The molecule has 49 heavy (non-hydrogen) atoms. The van der Waals surface area contributed by atoms with Gasteiger partial charge >= 0.3 is 0 Å². The molecule has 0 saturated heterocycles. The fourth-order valence-corrected chi connectivity index (χ4v) is 8.90. The summed E-state index contributed by atoms with van der Waals surface area (Å²) in [5.74, 6) is 0.755. The molecule has 3 aliphatic rings. The summed E-state index contributed by atoms with van der Waals surface area (Å²) in [6.07, 6.45) is 9.38. The van der Waals surface area contributed by atoms with Crippen LogP contribution >= 0.6 is 0 Å². The summed E-state index contributed by atoms with van der Waals surface area (Å²) >= 11 is 0. The van der Waals surface area contributed by atoms with Gasteiger partial charge in [-0.3, -0.25) is 0 Å². The van der Waals surface area contributed by atoms with E-state index in [1.54, 1.807) is 0 Å². The number of benzene rings is 5. The van der Waals surface area contributed by atoms with Crippen molar-refractivity contribution in [3.8, 4) is 16.8 Å². The number of fused-ring (bicyclic) bond motifs is 6. The second-order valence-corrected chi connectivity index (χ2v) is 14.7. The lowest BCUT2D eigenvalue weighted by atomic mass is 9.80. The summed E-state index contributed by atoms with van der Waals surface area (Å²) in [5.41, 5.74) is 17.5. The third-order valence-electron chi connectivity index (χ3n) is 11.3. The first kappa shape index (κ1) is 29.8. The molecule has 5 aromatic carbocycles. The summed E-state index contributed by atoms with van der Waals surface area (Å²) in [4.78, 5) is 2.50. The Labute approximate surface area is 290 Å². The van der Waals surface area contributed by atoms with Gasteiger partial charge in [-0.25, -0.2) is 0 Å². The molecular formula is C47H42N2. The quantitative estimate of drug-likeness (QED) is 0.183. The molecule has 1 heterocycles. The first-order valence-corrected chi connectivity index (χ1v) is 17.8. The molecule has 240 valence electrons. The van der Waals surface area contributed by atoms with Crippen LogP contribution in [-0.2, 0) is 5.41 Å². The van der Waals surface area contributed by atoms with Crippen molar-refractivity contribution in [2.75, 3.05) is 4.90 Å². The lowest BCUT2D eigenvalue weighted by Gasteiger charge is -2.35. The van der Waals surface area contributed by atoms with Crippen LogP contribution in [0.4, 0.5) is 11.4 Å². The lowest BCUT2D eigenvalue weighted by molar-refractivity contribution is 0.633. The van der Waals surface area contributed by atoms with Crippen molar-refractivity contribution in [1.29, 1.82) is 0 Å². The van der Waals surface area contributed by atoms with E-state index in [9.17, 15) is 0 Å². The number of para-hydroxylation sites is 3. The van der Waals surface area contributed by atoms with Crippen LogP contribution in [0.5, 0.6) is 0 Å². The third-order valence-corrected chi connectivity index (χ3v) is 11.3. The topological polar surface area (TPSA) is 8.17 Å². The summed E-state index contributed by atoms with van der Waals surface area (Å²) in [7, 11) is 0. The average molecular weight is 635 g/mol. The molecule has 0 amide bonds. The maximum atomic E-state index is 2.50. The van der Waals surface area contributed by atoms with E-state index < -0.39 is 0 Å². The zero-order valence-corrected chi connectivity index (χ0v) is 28.8. The molecule has 0 fully saturated rings. The van der Waals surface area contributed by atoms with Crippen LogP contribution in [-0.4, -0.2) is 4.57 Å². The normalized spacial score (nSPS) is 19.0. The molecule has 2 nitrogen and oxygen atoms in total. The Morgan fingerprint density at radius 3 is 2.08 bits per heavy atom. The van der Waals surface area contributed by atoms with Crippen molar-refractivity contribution in [2.24, 2.45) is 5.92 Å². The van der Waals surface area contributed by atoms with Crippen molar-refractivity contribution in [2.45, 2.75) is 51.9 Å². The fourth-order valence-electron chi connectivity index (χ4n) is 8.90. The molecule has 9 rings (SSSR count). The Kier molecular flexibility index (Phi) is 6.91. The van der Waals surface area contributed by atoms with Gasteiger partial charge in [0.15, 0.2) is 0 Å². The Morgan fingerprint density at radius 1 is 0.612 bits per heavy atom. The lowest BCUT2D eigenvalue weighted by Crippen LogP contribution is -2.24. The highest BCUT2D eigenvalue weighted by atomic mass is 15.2. The molecule has 0 saturated carbocycles. The Hall–Kier alpha value is -5.34. The monoisotopic (exact) mass is 634 g/mol. The molecule has 0 radical (unpaired) electrons. The second kappa shape index (κ2) is 11.4. The van der Waals surface area contributed by atoms with Gasteiger partial charge in [-0.2, -0.15) is 0 Å². The molecule has 3 aliphatic carbocycles. The van der Waals surface area contributed by atoms with E-state index in [-0.39, 0.29) is 5.41 Å². The summed E-state index contributed by atoms with van der Waals surface area (Å²) < 4.78 is 2.49. The molecule has 0 N–H and O–H groups in total. The zero-order valence-electron chi connectivity index (χ0n) is 28.8. The average Bonchev–Trinajstić information content (AvgIpc) is 3.59. The first-order chi connectivity index (χ1) is 23.9. The second-order valence-electron chi connectivity index (χ2n) is 14.7. The largest absolute Gasteiger partial charge is 0.314 e. The van der Waals surface area contributed by atoms with E-state index in [1.165, 1.54) is 78.3 Å². The van der Waals surface area contributed by atoms with Crippen LogP contribution in [0.25, 0.3) is 33.8 Å². The minimum Gasteiger partial charge on any atom is -0.314 e. The predicted molar refractivity (Wildman–Crippen MR) is 207 cm³/mol. The molecule has 0 bridgehead atoms. The van der Waals surface area contributed by atoms with Gasteiger partial charge in [0.25, 0.3) is 0 Å². The number of hydrogen-bond donors (Lipinski definition) is 0. The minimum atomic E-state index is -0.0451. The zero-order chi connectivity index (χ0) is 33.3. The van der Waals surface area contributed by atoms with Crippen molar-refractivity contribution in [3.63, 3.8) is 0 Å². The van der Waals surface area contributed by atoms with Crippen LogP contribution in [0.1, 0.15) is 68.8 Å². The van der Waals surface area contributed by atoms with E-state index in [4.69, 9.17) is 0 Å². The number of allylic oxidation sites excluding steroid dienone is 5. The van der Waals surface area contributed by atoms with Gasteiger partial charge < -0.3 is 9.47 Å². The van der Waals surface area contributed by atoms with Gasteiger partial charge in [0.1, 0.15) is 0 Å². The summed E-state index contributed by atoms with van der Waals surface area (Å²) in [6.45, 7) is 9.55. The van der Waals surface area contributed by atoms with Crippen LogP contribution < -0.4 is 4.90 Å². The number of anilines is 2. The molecular weight excluding hydrogens is 593 g/mol. The molecule has 1 aromatic heterocycles. The predicted octanol–water partition coefficient (Wildman–Crippen LogP) is 12.5. The van der Waals surface area contributed by atoms with E-state index in [0.29, 0.717) is 11.8 Å². The highest BCUT2D eigenvalue weighted by Gasteiger charge is 2.36. The number of hydrogen-bond acceptors (Lipinski definition) is 1. The maximum absolute atomic E-state index is 2.50. The van der Waals surface area contributed by atoms with Crippen molar-refractivity contribution in [1.82, 2.24) is 4.57 Å². The summed E-state index contributed by atoms with van der Waals surface area (Å²) in [5, 5.41) is 1.34. The van der Waals surface area contributed by atoms with Gasteiger partial charge in [-0.1, -0.05) is 119 Å². The van der Waals surface area contributed by atoms with Crippen LogP contribution in [0.15, 0.2) is 156 Å². The van der Waals surface area contributed by atoms with Crippen molar-refractivity contribution < 1.29 is 0 Å². The molecule has 0 aliphatic heterocycles. The van der Waals surface area contributed by atoms with Crippen LogP contribution in [0.3, 0.4) is 0 Å². The van der Waals surface area contributed by atoms with Gasteiger partial charge in [0.2, 0.25) is 0 Å². The SMILES string of the molecule is CC1CC(C2=Cc3c(n(-c4ccccc4)c4ccccc34)C(C)C2)=CC=C1N(c1ccccc1)c1ccc2c(c1)C(C)(C)c1ccccc1-2. The number of rotatable bonds is 5. The van der Waals surface area contributed by atoms with E-state index in [1.807, 2.05) is 0 Å². The highest BCUT2D eigenvalue weighted by molar-refractivity contribution is 5.94. The smallest absolute Gasteiger partial charge is 0.0537 e. The van der Waals surface area contributed by atoms with Crippen molar-refractivity contribution >= 4 is 28.4 Å². The van der Waals surface area contributed by atoms with Crippen LogP contribution in [0.2, 0.25) is 0 Å². The fraction of sp³-hybridized carbons (Fsp3) is 0.191. The maximum Gasteiger partial charge on any atom is 0.0537 e. The Bertz CT molecular complexity index is 2330. The van der Waals surface area contributed by atoms with Gasteiger partial charge in [-0.15, -0.1) is 0 Å². The minimum absolute atomic E-state index is 0.0451. The standard InChI is InChI=1S/C47H42N2/c1-31-27-33(34-28-32(2)46-41(29-34)40-20-12-14-22-45(40)49(46)36-17-9-6-10-18-36)23-26-44(31)48(35-15-7-5-8-16-35)37-24-25-39-38-19-11-13-21-42(38)47(3,4)43(39)30-37/h5-26,29-32H,27-28H2,1-4H3. The van der Waals surface area contributed by atoms with Gasteiger partial charge in [-0.05, 0) is 101 Å². The molecule has 0 spiro atoms. The van der Waals surface area contributed by atoms with E-state index in [0.717, 1.165) is 12.8 Å². The molecule has 2 unspecified atom stereocenters. The van der Waals surface area contributed by atoms with E-state index >= 15 is 0 Å². The van der Waals surface area contributed by atoms with Gasteiger partial charge in [0, 0.05) is 56.7 Å². The molecule has 2 heteroatoms.